The van der Waals surface area contributed by atoms with Gasteiger partial charge in [0.25, 0.3) is 0 Å². The van der Waals surface area contributed by atoms with Gasteiger partial charge in [-0.05, 0) is 89.5 Å². The van der Waals surface area contributed by atoms with Crippen LogP contribution < -0.4 is 4.74 Å². The minimum Gasteiger partial charge on any atom is -0.493 e. The van der Waals surface area contributed by atoms with E-state index in [4.69, 9.17) is 21.7 Å². The van der Waals surface area contributed by atoms with Crippen LogP contribution in [0.15, 0.2) is 18.2 Å². The molecule has 0 aliphatic carbocycles. The Bertz CT molecular complexity index is 1070. The van der Waals surface area contributed by atoms with Crippen LogP contribution in [-0.4, -0.2) is 23.8 Å². The molecule has 1 aromatic heterocycles. The Morgan fingerprint density at radius 3 is 2.03 bits per heavy atom. The normalized spacial score (nSPS) is 11.9. The van der Waals surface area contributed by atoms with E-state index in [1.807, 2.05) is 19.9 Å². The Hall–Kier alpha value is -1.88. The number of hydrogen-bond acceptors (Lipinski definition) is 4. The molecule has 0 radical (unpaired) electrons. The first-order valence-corrected chi connectivity index (χ1v) is 15.4. The van der Waals surface area contributed by atoms with Crippen LogP contribution in [0.5, 0.6) is 5.75 Å². The molecule has 1 heterocycles. The number of ether oxygens (including phenoxy) is 2. The number of carbonyl (C=O) groups excluding carboxylic acids is 1. The lowest BCUT2D eigenvalue weighted by Gasteiger charge is -2.23. The van der Waals surface area contributed by atoms with Crippen LogP contribution in [-0.2, 0) is 16.1 Å². The molecule has 2 rings (SSSR count). The first-order chi connectivity index (χ1) is 18.1. The molecule has 4 nitrogen and oxygen atoms in total. The second-order valence-corrected chi connectivity index (χ2v) is 12.4. The van der Waals surface area contributed by atoms with Crippen molar-refractivity contribution in [3.8, 4) is 5.75 Å². The fourth-order valence-electron chi connectivity index (χ4n) is 4.79. The van der Waals surface area contributed by atoms with Gasteiger partial charge < -0.3 is 14.0 Å². The van der Waals surface area contributed by atoms with Gasteiger partial charge in [-0.2, -0.15) is 0 Å². The predicted octanol–water partition coefficient (Wildman–Crippen LogP) is 9.90. The maximum absolute atomic E-state index is 12.3. The molecular weight excluding hydrogens is 490 g/mol. The fourth-order valence-corrected chi connectivity index (χ4v) is 5.12. The number of esters is 1. The lowest BCUT2D eigenvalue weighted by molar-refractivity contribution is -0.154. The Morgan fingerprint density at radius 1 is 0.895 bits per heavy atom. The van der Waals surface area contributed by atoms with E-state index in [-0.39, 0.29) is 11.4 Å². The molecule has 0 saturated carbocycles. The minimum atomic E-state index is -0.367. The monoisotopic (exact) mass is 543 g/mol. The average molecular weight is 544 g/mol. The number of hydrogen-bond donors (Lipinski definition) is 0. The summed E-state index contributed by atoms with van der Waals surface area (Å²) >= 11 is 5.64. The van der Waals surface area contributed by atoms with Crippen LogP contribution in [0, 0.1) is 29.8 Å². The van der Waals surface area contributed by atoms with Gasteiger partial charge in [-0.25, -0.2) is 0 Å². The number of pyridine rings is 1. The summed E-state index contributed by atoms with van der Waals surface area (Å²) in [5.41, 5.74) is 3.37. The van der Waals surface area contributed by atoms with Gasteiger partial charge in [0.05, 0.1) is 24.1 Å². The lowest BCUT2D eigenvalue weighted by Crippen LogP contribution is -2.27. The molecular formula is C33H53NO3S. The quantitative estimate of drug-likeness (QED) is 0.107. The van der Waals surface area contributed by atoms with Crippen LogP contribution in [0.25, 0.3) is 10.9 Å². The van der Waals surface area contributed by atoms with Crippen molar-refractivity contribution in [2.24, 2.45) is 11.3 Å². The summed E-state index contributed by atoms with van der Waals surface area (Å²) in [6, 6.07) is 6.49. The Morgan fingerprint density at radius 2 is 1.45 bits per heavy atom. The second kappa shape index (κ2) is 16.3. The van der Waals surface area contributed by atoms with Crippen LogP contribution in [0.2, 0.25) is 0 Å². The number of benzene rings is 1. The molecule has 2 aromatic rings. The van der Waals surface area contributed by atoms with Gasteiger partial charge in [0, 0.05) is 18.0 Å². The average Bonchev–Trinajstić information content (AvgIpc) is 2.86. The number of unbranched alkanes of at least 4 members (excludes halogenated alkanes) is 8. The molecule has 0 spiro atoms. The molecule has 5 heteroatoms. The van der Waals surface area contributed by atoms with Crippen LogP contribution in [0.3, 0.4) is 0 Å². The molecule has 0 saturated heterocycles. The van der Waals surface area contributed by atoms with Gasteiger partial charge in [-0.3, -0.25) is 4.79 Å². The van der Waals surface area contributed by atoms with Gasteiger partial charge in [-0.15, -0.1) is 0 Å². The number of fused-ring (bicyclic) bond motifs is 1. The number of aromatic nitrogens is 1. The molecule has 0 aliphatic rings. The molecule has 0 atom stereocenters. The molecule has 214 valence electrons. The summed E-state index contributed by atoms with van der Waals surface area (Å²) < 4.78 is 14.8. The first-order valence-electron chi connectivity index (χ1n) is 15.0. The molecule has 0 amide bonds. The summed E-state index contributed by atoms with van der Waals surface area (Å²) in [4.78, 5) is 12.3. The van der Waals surface area contributed by atoms with Crippen molar-refractivity contribution < 1.29 is 14.3 Å². The van der Waals surface area contributed by atoms with Gasteiger partial charge >= 0.3 is 5.97 Å². The van der Waals surface area contributed by atoms with Crippen molar-refractivity contribution in [2.75, 3.05) is 13.2 Å². The zero-order valence-corrected chi connectivity index (χ0v) is 26.1. The van der Waals surface area contributed by atoms with Crippen LogP contribution >= 0.6 is 12.2 Å². The SMILES string of the molecule is CCn1c(=S)cc(OCCCCCCCCCCCOC(=O)C(C)(C)CCC(C)C)c2cc(C)c(C)cc21. The highest BCUT2D eigenvalue weighted by molar-refractivity contribution is 7.71. The first kappa shape index (κ1) is 32.3. The van der Waals surface area contributed by atoms with E-state index in [1.165, 1.54) is 55.2 Å². The molecule has 0 aliphatic heterocycles. The smallest absolute Gasteiger partial charge is 0.311 e. The Kier molecular flexibility index (Phi) is 13.8. The van der Waals surface area contributed by atoms with Gasteiger partial charge in [0.1, 0.15) is 10.4 Å². The lowest BCUT2D eigenvalue weighted by atomic mass is 9.85. The van der Waals surface area contributed by atoms with Crippen LogP contribution in [0.4, 0.5) is 0 Å². The van der Waals surface area contributed by atoms with E-state index in [1.54, 1.807) is 0 Å². The highest BCUT2D eigenvalue weighted by Crippen LogP contribution is 2.30. The number of carbonyl (C=O) groups is 1. The molecule has 0 unspecified atom stereocenters. The standard InChI is InChI=1S/C33H53NO3S/c1-8-34-29-23-27(5)26(4)22-28(29)30(24-31(34)38)36-20-16-14-12-10-9-11-13-15-17-21-37-32(35)33(6,7)19-18-25(2)3/h22-25H,8-21H2,1-7H3. The van der Waals surface area contributed by atoms with Crippen molar-refractivity contribution in [3.05, 3.63) is 34.0 Å². The Balaban J connectivity index is 1.56. The summed E-state index contributed by atoms with van der Waals surface area (Å²) in [5, 5.41) is 1.16. The van der Waals surface area contributed by atoms with Crippen molar-refractivity contribution in [1.29, 1.82) is 0 Å². The molecule has 1 aromatic carbocycles. The molecule has 0 fully saturated rings. The van der Waals surface area contributed by atoms with E-state index in [2.05, 4.69) is 51.3 Å². The summed E-state index contributed by atoms with van der Waals surface area (Å²) in [7, 11) is 0. The van der Waals surface area contributed by atoms with E-state index < -0.39 is 0 Å². The van der Waals surface area contributed by atoms with Crippen molar-refractivity contribution in [3.63, 3.8) is 0 Å². The minimum absolute atomic E-state index is 0.0398. The summed E-state index contributed by atoms with van der Waals surface area (Å²) in [6.45, 7) is 17.0. The number of aryl methyl sites for hydroxylation is 3. The van der Waals surface area contributed by atoms with Crippen LogP contribution in [0.1, 0.15) is 116 Å². The van der Waals surface area contributed by atoms with Gasteiger partial charge in [0.2, 0.25) is 0 Å². The van der Waals surface area contributed by atoms with Crippen molar-refractivity contribution >= 4 is 29.1 Å². The largest absolute Gasteiger partial charge is 0.493 e. The third-order valence-corrected chi connectivity index (χ3v) is 8.02. The molecule has 0 N–H and O–H groups in total. The highest BCUT2D eigenvalue weighted by atomic mass is 32.1. The third kappa shape index (κ3) is 10.4. The zero-order chi connectivity index (χ0) is 28.1. The summed E-state index contributed by atoms with van der Waals surface area (Å²) in [5.74, 6) is 1.50. The van der Waals surface area contributed by atoms with Gasteiger partial charge in [-0.1, -0.05) is 71.0 Å². The van der Waals surface area contributed by atoms with E-state index in [9.17, 15) is 4.79 Å². The maximum atomic E-state index is 12.3. The fraction of sp³-hybridized carbons (Fsp3) is 0.697. The van der Waals surface area contributed by atoms with E-state index in [0.717, 1.165) is 61.0 Å². The molecule has 0 bridgehead atoms. The maximum Gasteiger partial charge on any atom is 0.311 e. The van der Waals surface area contributed by atoms with Gasteiger partial charge in [0.15, 0.2) is 0 Å². The zero-order valence-electron chi connectivity index (χ0n) is 25.3. The summed E-state index contributed by atoms with van der Waals surface area (Å²) in [6.07, 6.45) is 12.6. The topological polar surface area (TPSA) is 40.5 Å². The Labute approximate surface area is 237 Å². The third-order valence-electron chi connectivity index (χ3n) is 7.68. The number of rotatable bonds is 18. The van der Waals surface area contributed by atoms with Crippen molar-refractivity contribution in [1.82, 2.24) is 4.57 Å². The molecule has 38 heavy (non-hydrogen) atoms. The predicted molar refractivity (Wildman–Crippen MR) is 164 cm³/mol. The van der Waals surface area contributed by atoms with E-state index >= 15 is 0 Å². The highest BCUT2D eigenvalue weighted by Gasteiger charge is 2.29. The number of nitrogens with zero attached hydrogens (tertiary/aromatic N) is 1. The van der Waals surface area contributed by atoms with E-state index in [0.29, 0.717) is 12.5 Å². The second-order valence-electron chi connectivity index (χ2n) is 12.0. The van der Waals surface area contributed by atoms with Crippen molar-refractivity contribution in [2.45, 2.75) is 126 Å².